The summed E-state index contributed by atoms with van der Waals surface area (Å²) < 4.78 is 4.92. The van der Waals surface area contributed by atoms with Crippen LogP contribution in [0.2, 0.25) is 0 Å². The van der Waals surface area contributed by atoms with E-state index in [0.29, 0.717) is 18.6 Å². The van der Waals surface area contributed by atoms with Gasteiger partial charge in [-0.2, -0.15) is 0 Å². The zero-order valence-corrected chi connectivity index (χ0v) is 9.41. The Labute approximate surface area is 89.7 Å². The van der Waals surface area contributed by atoms with E-state index in [-0.39, 0.29) is 5.97 Å². The molecular weight excluding hydrogens is 192 g/mol. The zero-order chi connectivity index (χ0) is 11.3. The first-order valence-electron chi connectivity index (χ1n) is 5.24. The molecule has 1 heterocycles. The van der Waals surface area contributed by atoms with Crippen molar-refractivity contribution in [3.8, 4) is 0 Å². The predicted molar refractivity (Wildman–Crippen MR) is 56.7 cm³/mol. The fourth-order valence-electron chi connectivity index (χ4n) is 1.28. The van der Waals surface area contributed by atoms with Gasteiger partial charge in [-0.15, -0.1) is 0 Å². The summed E-state index contributed by atoms with van der Waals surface area (Å²) in [5, 5.41) is 0. The Bertz CT molecular complexity index is 350. The van der Waals surface area contributed by atoms with Crippen LogP contribution in [0.1, 0.15) is 42.6 Å². The molecule has 0 aromatic carbocycles. The van der Waals surface area contributed by atoms with Gasteiger partial charge in [0.05, 0.1) is 17.9 Å². The van der Waals surface area contributed by atoms with E-state index in [2.05, 4.69) is 9.97 Å². The van der Waals surface area contributed by atoms with E-state index in [1.54, 1.807) is 13.1 Å². The maximum Gasteiger partial charge on any atom is 0.341 e. The van der Waals surface area contributed by atoms with E-state index in [9.17, 15) is 4.79 Å². The number of hydrogen-bond donors (Lipinski definition) is 0. The van der Waals surface area contributed by atoms with Gasteiger partial charge in [0.2, 0.25) is 0 Å². The fraction of sp³-hybridized carbons (Fsp3) is 0.545. The molecule has 1 aromatic heterocycles. The molecule has 0 saturated heterocycles. The molecule has 0 spiro atoms. The van der Waals surface area contributed by atoms with Crippen LogP contribution in [0.5, 0.6) is 0 Å². The number of hydrogen-bond acceptors (Lipinski definition) is 4. The molecule has 0 atom stereocenters. The minimum absolute atomic E-state index is 0.336. The molecule has 0 radical (unpaired) electrons. The summed E-state index contributed by atoms with van der Waals surface area (Å²) in [6.45, 7) is 6.10. The Morgan fingerprint density at radius 1 is 1.33 bits per heavy atom. The number of aromatic nitrogens is 2. The van der Waals surface area contributed by atoms with E-state index in [0.717, 1.165) is 17.9 Å². The van der Waals surface area contributed by atoms with Crippen molar-refractivity contribution < 1.29 is 9.53 Å². The van der Waals surface area contributed by atoms with Crippen LogP contribution in [0.4, 0.5) is 0 Å². The van der Waals surface area contributed by atoms with Crippen LogP contribution in [0, 0.1) is 0 Å². The highest BCUT2D eigenvalue weighted by Crippen LogP contribution is 2.08. The lowest BCUT2D eigenvalue weighted by atomic mass is 10.2. The van der Waals surface area contributed by atoms with Gasteiger partial charge in [-0.3, -0.25) is 0 Å². The highest BCUT2D eigenvalue weighted by Gasteiger charge is 2.13. The summed E-state index contributed by atoms with van der Waals surface area (Å²) in [7, 11) is 0. The SMILES string of the molecule is CCOC(=O)c1cnc(CC)nc1CC. The van der Waals surface area contributed by atoms with E-state index < -0.39 is 0 Å². The third kappa shape index (κ3) is 2.75. The minimum atomic E-state index is -0.336. The summed E-state index contributed by atoms with van der Waals surface area (Å²) in [5.41, 5.74) is 1.25. The molecule has 0 N–H and O–H groups in total. The molecule has 0 aliphatic rings. The van der Waals surface area contributed by atoms with Crippen molar-refractivity contribution in [2.75, 3.05) is 6.61 Å². The normalized spacial score (nSPS) is 10.1. The third-order valence-electron chi connectivity index (χ3n) is 2.06. The summed E-state index contributed by atoms with van der Waals surface area (Å²) in [5.74, 6) is 0.428. The highest BCUT2D eigenvalue weighted by molar-refractivity contribution is 5.90. The van der Waals surface area contributed by atoms with Crippen LogP contribution in [0.3, 0.4) is 0 Å². The summed E-state index contributed by atoms with van der Waals surface area (Å²) in [6, 6.07) is 0. The van der Waals surface area contributed by atoms with Crippen LogP contribution >= 0.6 is 0 Å². The number of carbonyl (C=O) groups excluding carboxylic acids is 1. The Balaban J connectivity index is 3.02. The smallest absolute Gasteiger partial charge is 0.341 e. The molecule has 0 bridgehead atoms. The Hall–Kier alpha value is -1.45. The second-order valence-electron chi connectivity index (χ2n) is 3.07. The largest absolute Gasteiger partial charge is 0.462 e. The number of carbonyl (C=O) groups is 1. The molecule has 4 heteroatoms. The Morgan fingerprint density at radius 2 is 2.07 bits per heavy atom. The molecule has 4 nitrogen and oxygen atoms in total. The van der Waals surface area contributed by atoms with Gasteiger partial charge in [0.25, 0.3) is 0 Å². The second kappa shape index (κ2) is 5.44. The van der Waals surface area contributed by atoms with Crippen molar-refractivity contribution >= 4 is 5.97 Å². The molecule has 0 amide bonds. The average molecular weight is 208 g/mol. The third-order valence-corrected chi connectivity index (χ3v) is 2.06. The van der Waals surface area contributed by atoms with Crippen LogP contribution < -0.4 is 0 Å². The highest BCUT2D eigenvalue weighted by atomic mass is 16.5. The maximum atomic E-state index is 11.5. The van der Waals surface area contributed by atoms with Crippen molar-refractivity contribution in [3.05, 3.63) is 23.3 Å². The van der Waals surface area contributed by atoms with E-state index in [4.69, 9.17) is 4.74 Å². The lowest BCUT2D eigenvalue weighted by Crippen LogP contribution is -2.11. The summed E-state index contributed by atoms with van der Waals surface area (Å²) >= 11 is 0. The quantitative estimate of drug-likeness (QED) is 0.708. The average Bonchev–Trinajstić information content (AvgIpc) is 2.28. The van der Waals surface area contributed by atoms with Crippen molar-refractivity contribution in [1.29, 1.82) is 0 Å². The Kier molecular flexibility index (Phi) is 4.21. The van der Waals surface area contributed by atoms with Gasteiger partial charge in [0, 0.05) is 12.6 Å². The number of aryl methyl sites for hydroxylation is 2. The molecule has 15 heavy (non-hydrogen) atoms. The van der Waals surface area contributed by atoms with Gasteiger partial charge < -0.3 is 4.74 Å². The molecular formula is C11H16N2O2. The standard InChI is InChI=1S/C11H16N2O2/c1-4-9-8(11(14)15-6-3)7-12-10(5-2)13-9/h7H,4-6H2,1-3H3. The molecule has 0 aliphatic heterocycles. The number of nitrogens with zero attached hydrogens (tertiary/aromatic N) is 2. The van der Waals surface area contributed by atoms with Crippen LogP contribution in [0.25, 0.3) is 0 Å². The van der Waals surface area contributed by atoms with Crippen LogP contribution in [-0.2, 0) is 17.6 Å². The summed E-state index contributed by atoms with van der Waals surface area (Å²) in [4.78, 5) is 19.9. The van der Waals surface area contributed by atoms with Crippen molar-refractivity contribution in [3.63, 3.8) is 0 Å². The predicted octanol–water partition coefficient (Wildman–Crippen LogP) is 1.78. The molecule has 1 aromatic rings. The van der Waals surface area contributed by atoms with Gasteiger partial charge in [0.1, 0.15) is 5.82 Å². The fourth-order valence-corrected chi connectivity index (χ4v) is 1.28. The molecule has 0 fully saturated rings. The number of esters is 1. The van der Waals surface area contributed by atoms with Crippen LogP contribution in [-0.4, -0.2) is 22.5 Å². The lowest BCUT2D eigenvalue weighted by Gasteiger charge is -2.06. The monoisotopic (exact) mass is 208 g/mol. The van der Waals surface area contributed by atoms with E-state index in [1.807, 2.05) is 13.8 Å². The number of ether oxygens (including phenoxy) is 1. The van der Waals surface area contributed by atoms with E-state index >= 15 is 0 Å². The van der Waals surface area contributed by atoms with Crippen LogP contribution in [0.15, 0.2) is 6.20 Å². The number of rotatable bonds is 4. The zero-order valence-electron chi connectivity index (χ0n) is 9.41. The molecule has 0 saturated carbocycles. The van der Waals surface area contributed by atoms with E-state index in [1.165, 1.54) is 0 Å². The first kappa shape index (κ1) is 11.6. The first-order valence-corrected chi connectivity index (χ1v) is 5.24. The van der Waals surface area contributed by atoms with Gasteiger partial charge in [0.15, 0.2) is 0 Å². The molecule has 0 aliphatic carbocycles. The van der Waals surface area contributed by atoms with Gasteiger partial charge >= 0.3 is 5.97 Å². The Morgan fingerprint density at radius 3 is 2.60 bits per heavy atom. The van der Waals surface area contributed by atoms with Crippen molar-refractivity contribution in [2.45, 2.75) is 33.6 Å². The lowest BCUT2D eigenvalue weighted by molar-refractivity contribution is 0.0524. The molecule has 1 rings (SSSR count). The van der Waals surface area contributed by atoms with Gasteiger partial charge in [-0.1, -0.05) is 13.8 Å². The molecule has 0 unspecified atom stereocenters. The minimum Gasteiger partial charge on any atom is -0.462 e. The first-order chi connectivity index (χ1) is 7.22. The van der Waals surface area contributed by atoms with Crippen molar-refractivity contribution in [1.82, 2.24) is 9.97 Å². The second-order valence-corrected chi connectivity index (χ2v) is 3.07. The molecule has 82 valence electrons. The maximum absolute atomic E-state index is 11.5. The van der Waals surface area contributed by atoms with Crippen molar-refractivity contribution in [2.24, 2.45) is 0 Å². The van der Waals surface area contributed by atoms with Gasteiger partial charge in [-0.05, 0) is 13.3 Å². The topological polar surface area (TPSA) is 52.1 Å². The van der Waals surface area contributed by atoms with Gasteiger partial charge in [-0.25, -0.2) is 14.8 Å². The summed E-state index contributed by atoms with van der Waals surface area (Å²) in [6.07, 6.45) is 3.04.